The lowest BCUT2D eigenvalue weighted by Gasteiger charge is -2.37. The maximum Gasteiger partial charge on any atom is 0.416 e. The number of hydrogen-bond acceptors (Lipinski definition) is 6. The Morgan fingerprint density at radius 2 is 1.64 bits per heavy atom. The molecule has 1 amide bonds. The van der Waals surface area contributed by atoms with Crippen molar-refractivity contribution < 1.29 is 54.2 Å². The van der Waals surface area contributed by atoms with Gasteiger partial charge in [-0.05, 0) is 53.6 Å². The van der Waals surface area contributed by atoms with Crippen LogP contribution in [-0.4, -0.2) is 63.1 Å². The van der Waals surface area contributed by atoms with Crippen molar-refractivity contribution in [2.45, 2.75) is 30.5 Å². The number of rotatable bonds is 10. The minimum Gasteiger partial charge on any atom is -0.481 e. The average molecular weight is 646 g/mol. The molecule has 1 aliphatic rings. The van der Waals surface area contributed by atoms with E-state index in [4.69, 9.17) is 5.11 Å². The van der Waals surface area contributed by atoms with Gasteiger partial charge in [-0.1, -0.05) is 12.1 Å². The van der Waals surface area contributed by atoms with Crippen LogP contribution >= 0.6 is 0 Å². The Morgan fingerprint density at radius 1 is 0.932 bits per heavy atom. The zero-order valence-corrected chi connectivity index (χ0v) is 23.5. The van der Waals surface area contributed by atoms with E-state index in [2.05, 4.69) is 9.46 Å². The van der Waals surface area contributed by atoms with Crippen LogP contribution in [0.5, 0.6) is 5.75 Å². The molecule has 1 aliphatic heterocycles. The van der Waals surface area contributed by atoms with Crippen molar-refractivity contribution in [1.82, 2.24) is 4.90 Å². The summed E-state index contributed by atoms with van der Waals surface area (Å²) in [6, 6.07) is 10.1. The van der Waals surface area contributed by atoms with Crippen LogP contribution < -0.4 is 14.4 Å². The summed E-state index contributed by atoms with van der Waals surface area (Å²) in [5.41, 5.74) is -0.838. The van der Waals surface area contributed by atoms with Gasteiger partial charge in [-0.2, -0.15) is 22.0 Å². The van der Waals surface area contributed by atoms with Crippen LogP contribution in [0.25, 0.3) is 11.1 Å². The van der Waals surface area contributed by atoms with Crippen molar-refractivity contribution in [2.75, 3.05) is 35.8 Å². The van der Waals surface area contributed by atoms with Gasteiger partial charge >= 0.3 is 18.8 Å². The zero-order chi connectivity index (χ0) is 32.2. The van der Waals surface area contributed by atoms with Gasteiger partial charge in [0.15, 0.2) is 0 Å². The monoisotopic (exact) mass is 645 g/mol. The lowest BCUT2D eigenvalue weighted by Crippen LogP contribution is -2.49. The molecule has 0 aliphatic carbocycles. The summed E-state index contributed by atoms with van der Waals surface area (Å²) >= 11 is 0. The number of nitrogens with one attached hydrogen (secondary N) is 1. The van der Waals surface area contributed by atoms with Gasteiger partial charge in [-0.25, -0.2) is 12.8 Å². The minimum atomic E-state index is -4.81. The van der Waals surface area contributed by atoms with Crippen LogP contribution in [0.1, 0.15) is 18.4 Å². The Balaban J connectivity index is 1.70. The predicted octanol–water partition coefficient (Wildman–Crippen LogP) is 5.43. The molecule has 236 valence electrons. The number of piperazine rings is 1. The maximum atomic E-state index is 14.3. The molecule has 0 saturated carbocycles. The van der Waals surface area contributed by atoms with E-state index in [9.17, 15) is 44.3 Å². The fraction of sp³-hybridized carbons (Fsp3) is 0.286. The van der Waals surface area contributed by atoms with Gasteiger partial charge in [-0.3, -0.25) is 14.3 Å². The van der Waals surface area contributed by atoms with Crippen LogP contribution in [0.15, 0.2) is 65.6 Å². The van der Waals surface area contributed by atoms with Gasteiger partial charge in [0.1, 0.15) is 11.6 Å². The lowest BCUT2D eigenvalue weighted by atomic mass is 10.0. The number of nitrogens with zero attached hydrogens (tertiary/aromatic N) is 2. The minimum absolute atomic E-state index is 0.0422. The topological polar surface area (TPSA) is 116 Å². The van der Waals surface area contributed by atoms with Crippen molar-refractivity contribution in [3.05, 3.63) is 72.0 Å². The standard InChI is InChI=1S/C28H25F6N3O6S/c29-20-12-18(13-21(16-20)43-27(30)31)17-4-5-24(36-8-10-37(11-9-36)25(38)6-7-26(39)40)23(14-17)35-44(41,42)22-3-1-2-19(15-22)28(32,33)34/h1-5,12-16,27,35H,6-11H2,(H,39,40). The van der Waals surface area contributed by atoms with Gasteiger partial charge in [0.25, 0.3) is 10.0 Å². The fourth-order valence-electron chi connectivity index (χ4n) is 4.59. The van der Waals surface area contributed by atoms with Gasteiger partial charge in [0, 0.05) is 38.7 Å². The number of carboxylic acids is 1. The normalized spacial score (nSPS) is 14.1. The van der Waals surface area contributed by atoms with Gasteiger partial charge in [0.2, 0.25) is 5.91 Å². The second-order valence-electron chi connectivity index (χ2n) is 9.68. The first-order valence-corrected chi connectivity index (χ1v) is 14.4. The molecular formula is C28H25F6N3O6S. The molecule has 3 aromatic rings. The van der Waals surface area contributed by atoms with Crippen molar-refractivity contribution in [3.8, 4) is 16.9 Å². The van der Waals surface area contributed by atoms with E-state index in [-0.39, 0.29) is 67.4 Å². The first-order chi connectivity index (χ1) is 20.6. The number of carboxylic acid groups (broad SMARTS) is 1. The number of alkyl halides is 5. The number of amides is 1. The molecule has 0 bridgehead atoms. The Bertz CT molecular complexity index is 1640. The molecule has 2 N–H and O–H groups in total. The highest BCUT2D eigenvalue weighted by Crippen LogP contribution is 2.36. The summed E-state index contributed by atoms with van der Waals surface area (Å²) in [5.74, 6) is -2.91. The quantitative estimate of drug-likeness (QED) is 0.283. The molecule has 0 radical (unpaired) electrons. The summed E-state index contributed by atoms with van der Waals surface area (Å²) in [5, 5.41) is 8.83. The number of aliphatic carboxylic acids is 1. The number of carbonyl (C=O) groups is 2. The van der Waals surface area contributed by atoms with Crippen LogP contribution in [0.4, 0.5) is 37.7 Å². The summed E-state index contributed by atoms with van der Waals surface area (Å²) in [4.78, 5) is 25.6. The third kappa shape index (κ3) is 8.12. The zero-order valence-electron chi connectivity index (χ0n) is 22.7. The van der Waals surface area contributed by atoms with Crippen molar-refractivity contribution in [2.24, 2.45) is 0 Å². The fourth-order valence-corrected chi connectivity index (χ4v) is 5.70. The van der Waals surface area contributed by atoms with E-state index >= 15 is 0 Å². The first-order valence-electron chi connectivity index (χ1n) is 13.0. The molecule has 44 heavy (non-hydrogen) atoms. The van der Waals surface area contributed by atoms with E-state index in [1.54, 1.807) is 4.90 Å². The van der Waals surface area contributed by atoms with E-state index in [1.807, 2.05) is 0 Å². The van der Waals surface area contributed by atoms with Crippen LogP contribution in [-0.2, 0) is 25.8 Å². The van der Waals surface area contributed by atoms with Crippen LogP contribution in [0.3, 0.4) is 0 Å². The molecule has 0 spiro atoms. The highest BCUT2D eigenvalue weighted by atomic mass is 32.2. The van der Waals surface area contributed by atoms with Crippen LogP contribution in [0, 0.1) is 5.82 Å². The van der Waals surface area contributed by atoms with Crippen molar-refractivity contribution in [1.29, 1.82) is 0 Å². The Kier molecular flexibility index (Phi) is 9.61. The van der Waals surface area contributed by atoms with E-state index in [0.717, 1.165) is 30.3 Å². The molecule has 1 heterocycles. The largest absolute Gasteiger partial charge is 0.481 e. The highest BCUT2D eigenvalue weighted by molar-refractivity contribution is 7.92. The third-order valence-electron chi connectivity index (χ3n) is 6.67. The molecule has 1 fully saturated rings. The number of benzene rings is 3. The Morgan fingerprint density at radius 3 is 2.27 bits per heavy atom. The second kappa shape index (κ2) is 13.0. The smallest absolute Gasteiger partial charge is 0.416 e. The van der Waals surface area contributed by atoms with Crippen molar-refractivity contribution >= 4 is 33.3 Å². The number of halogens is 6. The Hall–Kier alpha value is -4.47. The van der Waals surface area contributed by atoms with Gasteiger partial charge in [0.05, 0.1) is 28.3 Å². The summed E-state index contributed by atoms with van der Waals surface area (Å²) in [6.07, 6.45) is -5.35. The number of ether oxygens (including phenoxy) is 1. The summed E-state index contributed by atoms with van der Waals surface area (Å²) in [6.45, 7) is -2.54. The summed E-state index contributed by atoms with van der Waals surface area (Å²) < 4.78 is 113. The lowest BCUT2D eigenvalue weighted by molar-refractivity contribution is -0.141. The average Bonchev–Trinajstić information content (AvgIpc) is 2.95. The molecule has 9 nitrogen and oxygen atoms in total. The molecule has 16 heteroatoms. The number of carbonyl (C=O) groups excluding carboxylic acids is 1. The molecule has 4 rings (SSSR count). The molecule has 0 aromatic heterocycles. The van der Waals surface area contributed by atoms with E-state index in [0.29, 0.717) is 12.1 Å². The molecular weight excluding hydrogens is 620 g/mol. The number of anilines is 2. The first kappa shape index (κ1) is 32.4. The van der Waals surface area contributed by atoms with Crippen LogP contribution in [0.2, 0.25) is 0 Å². The van der Waals surface area contributed by atoms with Crippen molar-refractivity contribution in [3.63, 3.8) is 0 Å². The molecule has 1 saturated heterocycles. The molecule has 3 aromatic carbocycles. The molecule has 0 unspecified atom stereocenters. The SMILES string of the molecule is O=C(O)CCC(=O)N1CCN(c2ccc(-c3cc(F)cc(OC(F)F)c3)cc2NS(=O)(=O)c2cccc(C(F)(F)F)c2)CC1. The van der Waals surface area contributed by atoms with E-state index in [1.165, 1.54) is 23.1 Å². The summed E-state index contributed by atoms with van der Waals surface area (Å²) in [7, 11) is -4.62. The number of hydrogen-bond donors (Lipinski definition) is 2. The Labute approximate surface area is 247 Å². The number of sulfonamides is 1. The second-order valence-corrected chi connectivity index (χ2v) is 11.4. The van der Waals surface area contributed by atoms with Gasteiger partial charge in [-0.15, -0.1) is 0 Å². The predicted molar refractivity (Wildman–Crippen MR) is 146 cm³/mol. The third-order valence-corrected chi connectivity index (χ3v) is 8.03. The van der Waals surface area contributed by atoms with Gasteiger partial charge < -0.3 is 19.6 Å². The van der Waals surface area contributed by atoms with E-state index < -0.39 is 50.8 Å². The highest BCUT2D eigenvalue weighted by Gasteiger charge is 2.32. The molecule has 0 atom stereocenters. The maximum absolute atomic E-state index is 14.3.